The number of hydrogen-bond acceptors (Lipinski definition) is 1. The van der Waals surface area contributed by atoms with Crippen molar-refractivity contribution in [1.29, 1.82) is 0 Å². The van der Waals surface area contributed by atoms with Gasteiger partial charge in [0.2, 0.25) is 0 Å². The molecule has 1 heteroatoms. The Morgan fingerprint density at radius 2 is 1.92 bits per heavy atom. The number of benzene rings is 2. The summed E-state index contributed by atoms with van der Waals surface area (Å²) in [5.41, 5.74) is 6.52. The van der Waals surface area contributed by atoms with Crippen molar-refractivity contribution in [2.75, 3.05) is 0 Å². The third-order valence-electron chi connectivity index (χ3n) is 5.97. The van der Waals surface area contributed by atoms with Crippen LogP contribution in [0.15, 0.2) is 42.5 Å². The lowest BCUT2D eigenvalue weighted by Crippen LogP contribution is -2.16. The van der Waals surface area contributed by atoms with Crippen LogP contribution in [-0.2, 0) is 6.42 Å². The molecule has 0 bridgehead atoms. The molecule has 3 rings (SSSR count). The molecule has 0 unspecified atom stereocenters. The zero-order chi connectivity index (χ0) is 18.9. The third kappa shape index (κ3) is 3.92. The van der Waals surface area contributed by atoms with Gasteiger partial charge in [-0.05, 0) is 71.8 Å². The fourth-order valence-electron chi connectivity index (χ4n) is 4.57. The summed E-state index contributed by atoms with van der Waals surface area (Å²) in [7, 11) is 0. The highest BCUT2D eigenvalue weighted by Crippen LogP contribution is 2.51. The van der Waals surface area contributed by atoms with E-state index in [1.807, 2.05) is 12.1 Å². The van der Waals surface area contributed by atoms with E-state index in [4.69, 9.17) is 0 Å². The SMILES string of the molecule is CC(=O)c1cccc(-c2ccc(CC(C)C)cc2[C@H]2CCCC2(C)C)c1. The predicted octanol–water partition coefficient (Wildman–Crippen LogP) is 7.05. The summed E-state index contributed by atoms with van der Waals surface area (Å²) in [5.74, 6) is 1.38. The maximum Gasteiger partial charge on any atom is 0.159 e. The second-order valence-electron chi connectivity index (χ2n) is 9.09. The topological polar surface area (TPSA) is 17.1 Å². The molecule has 0 saturated heterocycles. The first-order valence-electron chi connectivity index (χ1n) is 10.0. The highest BCUT2D eigenvalue weighted by molar-refractivity contribution is 5.95. The van der Waals surface area contributed by atoms with Crippen LogP contribution in [0.5, 0.6) is 0 Å². The van der Waals surface area contributed by atoms with Gasteiger partial charge in [-0.15, -0.1) is 0 Å². The molecular formula is C25H32O. The van der Waals surface area contributed by atoms with Crippen molar-refractivity contribution < 1.29 is 4.79 Å². The average Bonchev–Trinajstić information content (AvgIpc) is 2.93. The molecule has 138 valence electrons. The fourth-order valence-corrected chi connectivity index (χ4v) is 4.57. The van der Waals surface area contributed by atoms with E-state index in [2.05, 4.69) is 58.0 Å². The van der Waals surface area contributed by atoms with Crippen LogP contribution in [0.3, 0.4) is 0 Å². The van der Waals surface area contributed by atoms with Crippen molar-refractivity contribution in [2.24, 2.45) is 11.3 Å². The normalized spacial score (nSPS) is 19.1. The van der Waals surface area contributed by atoms with Gasteiger partial charge >= 0.3 is 0 Å². The Bertz CT molecular complexity index is 798. The number of carbonyl (C=O) groups excluding carboxylic acids is 1. The van der Waals surface area contributed by atoms with E-state index in [1.54, 1.807) is 6.92 Å². The van der Waals surface area contributed by atoms with Crippen molar-refractivity contribution in [3.63, 3.8) is 0 Å². The Kier molecular flexibility index (Phi) is 5.37. The largest absolute Gasteiger partial charge is 0.295 e. The zero-order valence-electron chi connectivity index (χ0n) is 16.9. The molecular weight excluding hydrogens is 316 g/mol. The number of carbonyl (C=O) groups is 1. The molecule has 0 radical (unpaired) electrons. The van der Waals surface area contributed by atoms with Crippen LogP contribution in [0.2, 0.25) is 0 Å². The van der Waals surface area contributed by atoms with Gasteiger partial charge in [0, 0.05) is 5.56 Å². The molecule has 1 saturated carbocycles. The summed E-state index contributed by atoms with van der Waals surface area (Å²) in [4.78, 5) is 11.8. The molecule has 0 aliphatic heterocycles. The Balaban J connectivity index is 2.12. The molecule has 2 aromatic carbocycles. The second-order valence-corrected chi connectivity index (χ2v) is 9.09. The maximum atomic E-state index is 11.8. The van der Waals surface area contributed by atoms with Crippen molar-refractivity contribution in [1.82, 2.24) is 0 Å². The van der Waals surface area contributed by atoms with Crippen LogP contribution in [0.4, 0.5) is 0 Å². The van der Waals surface area contributed by atoms with Gasteiger partial charge in [0.05, 0.1) is 0 Å². The Morgan fingerprint density at radius 3 is 2.54 bits per heavy atom. The standard InChI is InChI=1S/C25H32O/c1-17(2)14-19-11-12-22(21-9-6-8-20(16-21)18(3)26)23(15-19)24-10-7-13-25(24,4)5/h6,8-9,11-12,15-17,24H,7,10,13-14H2,1-5H3/t24-/m1/s1. The minimum atomic E-state index is 0.131. The van der Waals surface area contributed by atoms with Crippen LogP contribution in [0.25, 0.3) is 11.1 Å². The number of ketones is 1. The molecule has 0 spiro atoms. The lowest BCUT2D eigenvalue weighted by molar-refractivity contribution is 0.101. The van der Waals surface area contributed by atoms with Crippen molar-refractivity contribution in [3.05, 3.63) is 59.2 Å². The molecule has 1 atom stereocenters. The van der Waals surface area contributed by atoms with Crippen molar-refractivity contribution in [2.45, 2.75) is 66.2 Å². The van der Waals surface area contributed by atoms with Gasteiger partial charge in [-0.2, -0.15) is 0 Å². The molecule has 0 heterocycles. The summed E-state index contributed by atoms with van der Waals surface area (Å²) in [5, 5.41) is 0. The summed E-state index contributed by atoms with van der Waals surface area (Å²) < 4.78 is 0. The van der Waals surface area contributed by atoms with Gasteiger partial charge in [0.15, 0.2) is 5.78 Å². The summed E-state index contributed by atoms with van der Waals surface area (Å²) in [6, 6.07) is 15.2. The minimum Gasteiger partial charge on any atom is -0.295 e. The molecule has 0 N–H and O–H groups in total. The first-order chi connectivity index (χ1) is 12.3. The van der Waals surface area contributed by atoms with E-state index >= 15 is 0 Å². The van der Waals surface area contributed by atoms with Crippen LogP contribution in [0.1, 0.15) is 81.3 Å². The molecule has 1 aliphatic carbocycles. The average molecular weight is 349 g/mol. The first kappa shape index (κ1) is 18.9. The zero-order valence-corrected chi connectivity index (χ0v) is 16.9. The van der Waals surface area contributed by atoms with Crippen molar-refractivity contribution >= 4 is 5.78 Å². The molecule has 1 fully saturated rings. The number of Topliss-reactive ketones (excluding diaryl/α,β-unsaturated/α-hetero) is 1. The maximum absolute atomic E-state index is 11.8. The van der Waals surface area contributed by atoms with E-state index in [9.17, 15) is 4.79 Å². The second kappa shape index (κ2) is 7.39. The van der Waals surface area contributed by atoms with Gasteiger partial charge in [-0.25, -0.2) is 0 Å². The monoisotopic (exact) mass is 348 g/mol. The summed E-state index contributed by atoms with van der Waals surface area (Å²) >= 11 is 0. The van der Waals surface area contributed by atoms with Crippen molar-refractivity contribution in [3.8, 4) is 11.1 Å². The Hall–Kier alpha value is -1.89. The molecule has 1 nitrogen and oxygen atoms in total. The van der Waals surface area contributed by atoms with Crippen LogP contribution >= 0.6 is 0 Å². The molecule has 0 aromatic heterocycles. The predicted molar refractivity (Wildman–Crippen MR) is 111 cm³/mol. The Morgan fingerprint density at radius 1 is 1.15 bits per heavy atom. The van der Waals surface area contributed by atoms with Crippen LogP contribution in [-0.4, -0.2) is 5.78 Å². The van der Waals surface area contributed by atoms with E-state index < -0.39 is 0 Å². The highest BCUT2D eigenvalue weighted by atomic mass is 16.1. The summed E-state index contributed by atoms with van der Waals surface area (Å²) in [6.07, 6.45) is 4.98. The van der Waals surface area contributed by atoms with Crippen LogP contribution < -0.4 is 0 Å². The lowest BCUT2D eigenvalue weighted by Gasteiger charge is -2.30. The smallest absolute Gasteiger partial charge is 0.159 e. The molecule has 26 heavy (non-hydrogen) atoms. The molecule has 0 amide bonds. The van der Waals surface area contributed by atoms with E-state index in [0.29, 0.717) is 17.3 Å². The Labute approximate surface area is 158 Å². The van der Waals surface area contributed by atoms with Gasteiger partial charge in [-0.3, -0.25) is 4.79 Å². The number of hydrogen-bond donors (Lipinski definition) is 0. The third-order valence-corrected chi connectivity index (χ3v) is 5.97. The highest BCUT2D eigenvalue weighted by Gasteiger charge is 2.36. The van der Waals surface area contributed by atoms with Gasteiger partial charge < -0.3 is 0 Å². The number of rotatable bonds is 5. The summed E-state index contributed by atoms with van der Waals surface area (Å²) in [6.45, 7) is 11.0. The van der Waals surface area contributed by atoms with Gasteiger partial charge in [0.1, 0.15) is 0 Å². The van der Waals surface area contributed by atoms with Gasteiger partial charge in [0.25, 0.3) is 0 Å². The molecule has 2 aromatic rings. The minimum absolute atomic E-state index is 0.131. The fraction of sp³-hybridized carbons (Fsp3) is 0.480. The first-order valence-corrected chi connectivity index (χ1v) is 10.0. The molecule has 1 aliphatic rings. The van der Waals surface area contributed by atoms with E-state index in [1.165, 1.54) is 41.5 Å². The van der Waals surface area contributed by atoms with E-state index in [0.717, 1.165) is 12.0 Å². The lowest BCUT2D eigenvalue weighted by atomic mass is 9.75. The quantitative estimate of drug-likeness (QED) is 0.529. The van der Waals surface area contributed by atoms with Crippen LogP contribution in [0, 0.1) is 11.3 Å². The van der Waals surface area contributed by atoms with Gasteiger partial charge in [-0.1, -0.05) is 70.5 Å². The van der Waals surface area contributed by atoms with E-state index in [-0.39, 0.29) is 5.78 Å².